The van der Waals surface area contributed by atoms with E-state index in [0.29, 0.717) is 12.5 Å². The Labute approximate surface area is 173 Å². The number of rotatable bonds is 5. The van der Waals surface area contributed by atoms with Crippen molar-refractivity contribution in [2.45, 2.75) is 42.7 Å². The third-order valence-corrected chi connectivity index (χ3v) is 6.66. The number of hydrogen-bond donors (Lipinski definition) is 3. The minimum atomic E-state index is -0.589. The first kappa shape index (κ1) is 18.3. The Morgan fingerprint density at radius 2 is 1.87 bits per heavy atom. The number of hydrogen-bond acceptors (Lipinski definition) is 6. The van der Waals surface area contributed by atoms with Crippen LogP contribution in [0, 0.1) is 0 Å². The zero-order valence-corrected chi connectivity index (χ0v) is 16.5. The van der Waals surface area contributed by atoms with Gasteiger partial charge < -0.3 is 29.4 Å². The number of pyridine rings is 1. The van der Waals surface area contributed by atoms with Crippen LogP contribution >= 0.6 is 0 Å². The SMILES string of the molecule is OCC1(c2ccc(-c3ccc4[nH]c(O[C@@H]5CO[C@H]6[C@@H]5OC[C@H]6O)cc4n3)cc2)CC1. The van der Waals surface area contributed by atoms with E-state index in [1.54, 1.807) is 0 Å². The normalized spacial score (nSPS) is 29.3. The Hall–Kier alpha value is -2.45. The van der Waals surface area contributed by atoms with Gasteiger partial charge in [-0.15, -0.1) is 0 Å². The van der Waals surface area contributed by atoms with Crippen LogP contribution in [0.3, 0.4) is 0 Å². The Kier molecular flexibility index (Phi) is 4.14. The lowest BCUT2D eigenvalue weighted by molar-refractivity contribution is 0.00794. The molecule has 0 bridgehead atoms. The first-order chi connectivity index (χ1) is 14.6. The molecule has 4 atom stereocenters. The van der Waals surface area contributed by atoms with Gasteiger partial charge in [-0.2, -0.15) is 0 Å². The summed E-state index contributed by atoms with van der Waals surface area (Å²) in [6, 6.07) is 14.2. The maximum atomic E-state index is 9.88. The van der Waals surface area contributed by atoms with Crippen molar-refractivity contribution < 1.29 is 24.4 Å². The van der Waals surface area contributed by atoms with Gasteiger partial charge in [0.25, 0.3) is 0 Å². The van der Waals surface area contributed by atoms with E-state index in [1.165, 1.54) is 5.56 Å². The van der Waals surface area contributed by atoms with Crippen LogP contribution in [0.4, 0.5) is 0 Å². The minimum absolute atomic E-state index is 0.0230. The Bertz CT molecular complexity index is 1070. The molecule has 156 valence electrons. The van der Waals surface area contributed by atoms with E-state index in [4.69, 9.17) is 19.2 Å². The molecule has 3 aromatic rings. The van der Waals surface area contributed by atoms with Gasteiger partial charge in [-0.3, -0.25) is 0 Å². The number of benzene rings is 1. The van der Waals surface area contributed by atoms with E-state index in [9.17, 15) is 10.2 Å². The van der Waals surface area contributed by atoms with Gasteiger partial charge in [0.1, 0.15) is 18.3 Å². The molecule has 0 unspecified atom stereocenters. The third-order valence-electron chi connectivity index (χ3n) is 6.66. The molecule has 3 fully saturated rings. The molecule has 2 aliphatic heterocycles. The second-order valence-electron chi connectivity index (χ2n) is 8.60. The van der Waals surface area contributed by atoms with Crippen molar-refractivity contribution in [2.75, 3.05) is 19.8 Å². The summed E-state index contributed by atoms with van der Waals surface area (Å²) in [4.78, 5) is 8.03. The summed E-state index contributed by atoms with van der Waals surface area (Å²) in [5.74, 6) is 0.614. The molecule has 1 aliphatic carbocycles. The van der Waals surface area contributed by atoms with Crippen LogP contribution in [0.2, 0.25) is 0 Å². The highest BCUT2D eigenvalue weighted by atomic mass is 16.6. The number of aliphatic hydroxyl groups excluding tert-OH is 2. The molecule has 3 N–H and O–H groups in total. The summed E-state index contributed by atoms with van der Waals surface area (Å²) >= 11 is 0. The van der Waals surface area contributed by atoms with Crippen molar-refractivity contribution in [3.05, 3.63) is 48.0 Å². The molecule has 30 heavy (non-hydrogen) atoms. The molecule has 6 rings (SSSR count). The van der Waals surface area contributed by atoms with Crippen LogP contribution in [0.1, 0.15) is 18.4 Å². The Morgan fingerprint density at radius 3 is 2.63 bits per heavy atom. The van der Waals surface area contributed by atoms with Gasteiger partial charge >= 0.3 is 0 Å². The third kappa shape index (κ3) is 2.93. The zero-order valence-electron chi connectivity index (χ0n) is 16.5. The number of aromatic nitrogens is 2. The van der Waals surface area contributed by atoms with E-state index in [1.807, 2.05) is 18.2 Å². The summed E-state index contributed by atoms with van der Waals surface area (Å²) < 4.78 is 17.3. The van der Waals surface area contributed by atoms with E-state index in [-0.39, 0.29) is 36.9 Å². The van der Waals surface area contributed by atoms with Crippen LogP contribution in [0.15, 0.2) is 42.5 Å². The fourth-order valence-corrected chi connectivity index (χ4v) is 4.60. The summed E-state index contributed by atoms with van der Waals surface area (Å²) in [5.41, 5.74) is 4.82. The lowest BCUT2D eigenvalue weighted by Gasteiger charge is -2.16. The quantitative estimate of drug-likeness (QED) is 0.599. The first-order valence-electron chi connectivity index (χ1n) is 10.4. The van der Waals surface area contributed by atoms with Crippen LogP contribution < -0.4 is 4.74 Å². The monoisotopic (exact) mass is 408 g/mol. The van der Waals surface area contributed by atoms with Crippen LogP contribution in [-0.2, 0) is 14.9 Å². The highest BCUT2D eigenvalue weighted by Crippen LogP contribution is 2.47. The Morgan fingerprint density at radius 1 is 1.07 bits per heavy atom. The smallest absolute Gasteiger partial charge is 0.193 e. The molecule has 3 aliphatic rings. The van der Waals surface area contributed by atoms with Crippen LogP contribution in [0.5, 0.6) is 5.88 Å². The number of nitrogens with one attached hydrogen (secondary N) is 1. The standard InChI is InChI=1S/C23H24N2O5/c26-12-23(7-8-23)14-3-1-13(2-4-14)15-5-6-16-17(24-15)9-20(25-16)30-19-11-29-21-18(27)10-28-22(19)21/h1-6,9,18-19,21-22,25-27H,7-8,10-12H2/t18-,19-,21-,22-/m1/s1. The molecule has 0 amide bonds. The maximum Gasteiger partial charge on any atom is 0.193 e. The van der Waals surface area contributed by atoms with Crippen LogP contribution in [0.25, 0.3) is 22.3 Å². The highest BCUT2D eigenvalue weighted by Gasteiger charge is 2.48. The molecule has 2 saturated heterocycles. The van der Waals surface area contributed by atoms with Crippen molar-refractivity contribution >= 4 is 11.0 Å². The molecule has 1 aromatic carbocycles. The summed E-state index contributed by atoms with van der Waals surface area (Å²) in [6.45, 7) is 0.882. The molecule has 2 aromatic heterocycles. The molecular formula is C23H24N2O5. The molecular weight excluding hydrogens is 384 g/mol. The summed E-state index contributed by atoms with van der Waals surface area (Å²) in [5, 5.41) is 19.5. The number of aliphatic hydroxyl groups is 2. The van der Waals surface area contributed by atoms with Gasteiger partial charge in [0.2, 0.25) is 0 Å². The fourth-order valence-electron chi connectivity index (χ4n) is 4.60. The van der Waals surface area contributed by atoms with Gasteiger partial charge in [-0.1, -0.05) is 24.3 Å². The summed E-state index contributed by atoms with van der Waals surface area (Å²) in [7, 11) is 0. The van der Waals surface area contributed by atoms with Crippen molar-refractivity contribution in [1.29, 1.82) is 0 Å². The Balaban J connectivity index is 1.22. The topological polar surface area (TPSA) is 96.8 Å². The van der Waals surface area contributed by atoms with E-state index < -0.39 is 6.10 Å². The number of aromatic amines is 1. The number of fused-ring (bicyclic) bond motifs is 2. The van der Waals surface area contributed by atoms with Gasteiger partial charge in [0.15, 0.2) is 12.0 Å². The minimum Gasteiger partial charge on any atom is -0.470 e. The van der Waals surface area contributed by atoms with Gasteiger partial charge in [0.05, 0.1) is 36.5 Å². The highest BCUT2D eigenvalue weighted by molar-refractivity contribution is 5.80. The van der Waals surface area contributed by atoms with Crippen LogP contribution in [-0.4, -0.2) is 64.4 Å². The fraction of sp³-hybridized carbons (Fsp3) is 0.435. The molecule has 0 spiro atoms. The van der Waals surface area contributed by atoms with Crippen molar-refractivity contribution in [3.63, 3.8) is 0 Å². The van der Waals surface area contributed by atoms with Crippen molar-refractivity contribution in [2.24, 2.45) is 0 Å². The zero-order chi connectivity index (χ0) is 20.3. The van der Waals surface area contributed by atoms with E-state index in [2.05, 4.69) is 29.2 Å². The second kappa shape index (κ2) is 6.78. The molecule has 4 heterocycles. The molecule has 0 radical (unpaired) electrons. The summed E-state index contributed by atoms with van der Waals surface area (Å²) in [6.07, 6.45) is 0.700. The van der Waals surface area contributed by atoms with Gasteiger partial charge in [-0.05, 0) is 30.5 Å². The predicted molar refractivity (Wildman–Crippen MR) is 109 cm³/mol. The molecule has 1 saturated carbocycles. The molecule has 7 heteroatoms. The average Bonchev–Trinajstić information content (AvgIpc) is 3.10. The maximum absolute atomic E-state index is 9.88. The lowest BCUT2D eigenvalue weighted by atomic mass is 9.95. The van der Waals surface area contributed by atoms with Gasteiger partial charge in [-0.25, -0.2) is 4.98 Å². The van der Waals surface area contributed by atoms with E-state index in [0.717, 1.165) is 35.1 Å². The van der Waals surface area contributed by atoms with E-state index >= 15 is 0 Å². The largest absolute Gasteiger partial charge is 0.470 e. The number of nitrogens with zero attached hydrogens (tertiary/aromatic N) is 1. The second-order valence-corrected chi connectivity index (χ2v) is 8.60. The molecule has 7 nitrogen and oxygen atoms in total. The van der Waals surface area contributed by atoms with Gasteiger partial charge in [0, 0.05) is 17.0 Å². The number of H-pyrrole nitrogens is 1. The number of ether oxygens (including phenoxy) is 3. The average molecular weight is 408 g/mol. The van der Waals surface area contributed by atoms with Crippen molar-refractivity contribution in [3.8, 4) is 17.1 Å². The lowest BCUT2D eigenvalue weighted by Crippen LogP contribution is -2.34. The predicted octanol–water partition coefficient (Wildman–Crippen LogP) is 2.16. The van der Waals surface area contributed by atoms with Crippen molar-refractivity contribution in [1.82, 2.24) is 9.97 Å². The first-order valence-corrected chi connectivity index (χ1v) is 10.4.